The zero-order chi connectivity index (χ0) is 18.6. The van der Waals surface area contributed by atoms with Crippen molar-refractivity contribution in [2.45, 2.75) is 17.0 Å². The lowest BCUT2D eigenvalue weighted by molar-refractivity contribution is -0.174. The van der Waals surface area contributed by atoms with Gasteiger partial charge in [-0.3, -0.25) is 19.3 Å². The predicted molar refractivity (Wildman–Crippen MR) is 90.4 cm³/mol. The minimum atomic E-state index is -1.24. The maximum atomic E-state index is 12.7. The topological polar surface area (TPSA) is 93.2 Å². The van der Waals surface area contributed by atoms with E-state index >= 15 is 0 Å². The van der Waals surface area contributed by atoms with Gasteiger partial charge in [-0.15, -0.1) is 11.8 Å². The van der Waals surface area contributed by atoms with Crippen LogP contribution in [-0.2, 0) is 19.1 Å². The number of esters is 1. The standard InChI is InChI=1S/C17H16N2O6S/c1-24-16(23)17(25-2)7-18-14(22)11(15(18)26-8-17)19-12(20)9-5-3-4-6-10(9)13(19)21/h3-6,11,15H,7-8H2,1-2H3/t11?,15-,17?/m1/s1. The Kier molecular flexibility index (Phi) is 3.81. The average molecular weight is 376 g/mol. The SMILES string of the molecule is COC(=O)C1(OC)CS[C@@H]2C(N3C(=O)c4ccccc4C3=O)C(=O)N2C1. The molecule has 0 aliphatic carbocycles. The van der Waals surface area contributed by atoms with Crippen molar-refractivity contribution in [2.24, 2.45) is 0 Å². The summed E-state index contributed by atoms with van der Waals surface area (Å²) in [5.41, 5.74) is -0.617. The number of imide groups is 1. The average Bonchev–Trinajstić information content (AvgIpc) is 2.92. The first-order valence-electron chi connectivity index (χ1n) is 7.98. The molecule has 0 bridgehead atoms. The first-order chi connectivity index (χ1) is 12.4. The van der Waals surface area contributed by atoms with Crippen LogP contribution in [0.3, 0.4) is 0 Å². The highest BCUT2D eigenvalue weighted by Crippen LogP contribution is 2.43. The zero-order valence-corrected chi connectivity index (χ0v) is 14.9. The van der Waals surface area contributed by atoms with Crippen molar-refractivity contribution in [1.29, 1.82) is 0 Å². The maximum Gasteiger partial charge on any atom is 0.340 e. The quantitative estimate of drug-likeness (QED) is 0.420. The Morgan fingerprint density at radius 3 is 2.31 bits per heavy atom. The molecular formula is C17H16N2O6S. The zero-order valence-electron chi connectivity index (χ0n) is 14.1. The number of carbonyl (C=O) groups is 4. The van der Waals surface area contributed by atoms with Crippen LogP contribution in [0.25, 0.3) is 0 Å². The third-order valence-electron chi connectivity index (χ3n) is 5.08. The van der Waals surface area contributed by atoms with E-state index in [1.54, 1.807) is 24.3 Å². The number of methoxy groups -OCH3 is 2. The molecule has 4 rings (SSSR count). The smallest absolute Gasteiger partial charge is 0.340 e. The van der Waals surface area contributed by atoms with Gasteiger partial charge in [0.15, 0.2) is 5.60 Å². The van der Waals surface area contributed by atoms with Crippen LogP contribution in [0.5, 0.6) is 0 Å². The molecule has 0 N–H and O–H groups in total. The second-order valence-electron chi connectivity index (χ2n) is 6.33. The molecule has 2 fully saturated rings. The molecule has 3 aliphatic rings. The molecule has 0 radical (unpaired) electrons. The van der Waals surface area contributed by atoms with E-state index in [0.29, 0.717) is 11.1 Å². The van der Waals surface area contributed by atoms with E-state index in [1.165, 1.54) is 30.9 Å². The van der Waals surface area contributed by atoms with Gasteiger partial charge in [0, 0.05) is 12.9 Å². The van der Waals surface area contributed by atoms with Crippen molar-refractivity contribution < 1.29 is 28.7 Å². The van der Waals surface area contributed by atoms with E-state index < -0.39 is 34.8 Å². The monoisotopic (exact) mass is 376 g/mol. The Hall–Kier alpha value is -2.39. The molecule has 3 aliphatic heterocycles. The number of hydrogen-bond donors (Lipinski definition) is 0. The van der Waals surface area contributed by atoms with E-state index in [0.717, 1.165) is 4.90 Å². The summed E-state index contributed by atoms with van der Waals surface area (Å²) in [5, 5.41) is -0.391. The Bertz CT molecular complexity index is 807. The predicted octanol–water partition coefficient (Wildman–Crippen LogP) is 0.124. The molecule has 0 aromatic heterocycles. The maximum absolute atomic E-state index is 12.7. The number of amides is 3. The van der Waals surface area contributed by atoms with Crippen LogP contribution in [0.2, 0.25) is 0 Å². The van der Waals surface area contributed by atoms with Gasteiger partial charge in [0.2, 0.25) is 5.91 Å². The molecule has 26 heavy (non-hydrogen) atoms. The number of rotatable bonds is 3. The van der Waals surface area contributed by atoms with Gasteiger partial charge in [-0.2, -0.15) is 0 Å². The number of benzene rings is 1. The highest BCUT2D eigenvalue weighted by Gasteiger charge is 2.62. The van der Waals surface area contributed by atoms with Crippen molar-refractivity contribution in [3.05, 3.63) is 35.4 Å². The number of thioether (sulfide) groups is 1. The fourth-order valence-corrected chi connectivity index (χ4v) is 5.16. The van der Waals surface area contributed by atoms with Gasteiger partial charge in [0.25, 0.3) is 11.8 Å². The second kappa shape index (κ2) is 5.82. The van der Waals surface area contributed by atoms with Gasteiger partial charge in [-0.05, 0) is 12.1 Å². The summed E-state index contributed by atoms with van der Waals surface area (Å²) in [7, 11) is 2.66. The molecule has 2 unspecified atom stereocenters. The van der Waals surface area contributed by atoms with Gasteiger partial charge in [0.1, 0.15) is 11.4 Å². The molecule has 8 nitrogen and oxygen atoms in total. The summed E-state index contributed by atoms with van der Waals surface area (Å²) in [6, 6.07) is 5.66. The van der Waals surface area contributed by atoms with Crippen molar-refractivity contribution in [3.8, 4) is 0 Å². The van der Waals surface area contributed by atoms with Crippen molar-refractivity contribution in [1.82, 2.24) is 9.80 Å². The van der Waals surface area contributed by atoms with Gasteiger partial charge in [-0.25, -0.2) is 4.79 Å². The lowest BCUT2D eigenvalue weighted by atomic mass is 9.98. The first-order valence-corrected chi connectivity index (χ1v) is 9.02. The van der Waals surface area contributed by atoms with E-state index in [1.807, 2.05) is 0 Å². The number of hydrogen-bond acceptors (Lipinski definition) is 7. The van der Waals surface area contributed by atoms with Gasteiger partial charge >= 0.3 is 5.97 Å². The number of carbonyl (C=O) groups excluding carboxylic acids is 4. The highest BCUT2D eigenvalue weighted by atomic mass is 32.2. The summed E-state index contributed by atoms with van der Waals surface area (Å²) in [6.07, 6.45) is 0. The lowest BCUT2D eigenvalue weighted by Gasteiger charge is -2.54. The molecule has 9 heteroatoms. The molecule has 1 aromatic rings. The third-order valence-corrected chi connectivity index (χ3v) is 6.56. The van der Waals surface area contributed by atoms with E-state index in [4.69, 9.17) is 9.47 Å². The summed E-state index contributed by atoms with van der Waals surface area (Å²) in [5.74, 6) is -1.57. The minimum absolute atomic E-state index is 0.0341. The highest BCUT2D eigenvalue weighted by molar-refractivity contribution is 8.00. The molecule has 1 aromatic carbocycles. The molecule has 3 amide bonds. The fraction of sp³-hybridized carbons (Fsp3) is 0.412. The molecular weight excluding hydrogens is 360 g/mol. The Morgan fingerprint density at radius 1 is 1.15 bits per heavy atom. The van der Waals surface area contributed by atoms with Crippen molar-refractivity contribution >= 4 is 35.5 Å². The molecule has 2 saturated heterocycles. The van der Waals surface area contributed by atoms with Gasteiger partial charge in [0.05, 0.1) is 24.8 Å². The molecule has 136 valence electrons. The first kappa shape index (κ1) is 17.0. The van der Waals surface area contributed by atoms with Gasteiger partial charge in [-0.1, -0.05) is 12.1 Å². The van der Waals surface area contributed by atoms with Crippen molar-refractivity contribution in [2.75, 3.05) is 26.5 Å². The number of fused-ring (bicyclic) bond motifs is 2. The second-order valence-corrected chi connectivity index (χ2v) is 7.43. The number of β-lactam (4-membered cyclic amide) rings is 1. The van der Waals surface area contributed by atoms with E-state index in [9.17, 15) is 19.2 Å². The molecule has 0 saturated carbocycles. The number of ether oxygens (including phenoxy) is 2. The van der Waals surface area contributed by atoms with Crippen LogP contribution >= 0.6 is 11.8 Å². The summed E-state index contributed by atoms with van der Waals surface area (Å²) < 4.78 is 10.1. The minimum Gasteiger partial charge on any atom is -0.467 e. The molecule has 0 spiro atoms. The Balaban J connectivity index is 1.59. The van der Waals surface area contributed by atoms with Crippen LogP contribution in [0.4, 0.5) is 0 Å². The molecule has 3 atom stereocenters. The van der Waals surface area contributed by atoms with Gasteiger partial charge < -0.3 is 14.4 Å². The normalized spacial score (nSPS) is 30.0. The lowest BCUT2D eigenvalue weighted by Crippen LogP contribution is -2.76. The van der Waals surface area contributed by atoms with Crippen LogP contribution in [0.15, 0.2) is 24.3 Å². The Morgan fingerprint density at radius 2 is 1.77 bits per heavy atom. The third kappa shape index (κ3) is 2.07. The van der Waals surface area contributed by atoms with Crippen LogP contribution < -0.4 is 0 Å². The fourth-order valence-electron chi connectivity index (χ4n) is 3.61. The molecule has 3 heterocycles. The number of nitrogens with zero attached hydrogens (tertiary/aromatic N) is 2. The summed E-state index contributed by atoms with van der Waals surface area (Å²) in [6.45, 7) is 0.0341. The largest absolute Gasteiger partial charge is 0.467 e. The van der Waals surface area contributed by atoms with E-state index in [2.05, 4.69) is 0 Å². The van der Waals surface area contributed by atoms with Crippen LogP contribution in [0, 0.1) is 0 Å². The summed E-state index contributed by atoms with van der Waals surface area (Å²) >= 11 is 1.30. The van der Waals surface area contributed by atoms with Crippen molar-refractivity contribution in [3.63, 3.8) is 0 Å². The van der Waals surface area contributed by atoms with Crippen LogP contribution in [-0.4, -0.2) is 77.0 Å². The summed E-state index contributed by atoms with van der Waals surface area (Å²) in [4.78, 5) is 52.5. The Labute approximate surface area is 153 Å². The van der Waals surface area contributed by atoms with E-state index in [-0.39, 0.29) is 18.2 Å². The van der Waals surface area contributed by atoms with Crippen LogP contribution in [0.1, 0.15) is 20.7 Å².